The minimum absolute atomic E-state index is 0. The summed E-state index contributed by atoms with van der Waals surface area (Å²) in [5.41, 5.74) is -1.64. The fraction of sp³-hybridized carbons (Fsp3) is 0.980. The van der Waals surface area contributed by atoms with Crippen molar-refractivity contribution in [3.8, 4) is 0 Å². The molecule has 7 heteroatoms. The van der Waals surface area contributed by atoms with Gasteiger partial charge in [0.15, 0.2) is 0 Å². The average Bonchev–Trinajstić information content (AvgIpc) is 3.58. The fourth-order valence-corrected chi connectivity index (χ4v) is 13.0. The van der Waals surface area contributed by atoms with Gasteiger partial charge in [0.05, 0.1) is 29.8 Å². The summed E-state index contributed by atoms with van der Waals surface area (Å²) in [6.07, 6.45) is 22.8. The summed E-state index contributed by atoms with van der Waals surface area (Å²) in [7, 11) is 0.333. The summed E-state index contributed by atoms with van der Waals surface area (Å²) in [4.78, 5) is 12.6. The summed E-state index contributed by atoms with van der Waals surface area (Å²) in [5.74, 6) is 2.43. The van der Waals surface area contributed by atoms with Gasteiger partial charge in [-0.3, -0.25) is 4.79 Å². The molecule has 0 amide bonds. The first kappa shape index (κ1) is 53.0. The van der Waals surface area contributed by atoms with Gasteiger partial charge in [0.25, 0.3) is 0 Å². The third kappa shape index (κ3) is 16.3. The molecule has 0 aliphatic heterocycles. The topological polar surface area (TPSA) is 118 Å². The van der Waals surface area contributed by atoms with Crippen molar-refractivity contribution in [3.05, 3.63) is 0 Å². The first-order valence-electron chi connectivity index (χ1n) is 23.6. The highest BCUT2D eigenvalue weighted by atomic mass is 31.0. The number of Topliss-reactive ketones (excluding diaryl/α,β-unsaturated/α-hetero) is 1. The number of carbonyl (C=O) groups is 1. The summed E-state index contributed by atoms with van der Waals surface area (Å²) >= 11 is 0. The highest BCUT2D eigenvalue weighted by Crippen LogP contribution is 2.64. The molecule has 5 N–H and O–H groups in total. The van der Waals surface area contributed by atoms with Crippen LogP contribution in [0, 0.1) is 45.3 Å². The Bertz CT molecular complexity index is 1160. The first-order chi connectivity index (χ1) is 26.0. The molecule has 57 heavy (non-hydrogen) atoms. The van der Waals surface area contributed by atoms with Crippen LogP contribution in [-0.4, -0.2) is 67.8 Å². The van der Waals surface area contributed by atoms with Crippen molar-refractivity contribution in [3.63, 3.8) is 0 Å². The molecule has 0 aromatic heterocycles. The zero-order valence-electron chi connectivity index (χ0n) is 40.1. The van der Waals surface area contributed by atoms with E-state index < -0.39 is 22.4 Å². The van der Waals surface area contributed by atoms with Crippen LogP contribution in [-0.2, 0) is 4.79 Å². The number of ketones is 1. The van der Waals surface area contributed by atoms with Crippen LogP contribution >= 0.6 is 9.18 Å². The van der Waals surface area contributed by atoms with Crippen LogP contribution in [0.15, 0.2) is 0 Å². The van der Waals surface area contributed by atoms with Crippen molar-refractivity contribution in [2.24, 2.45) is 45.3 Å². The van der Waals surface area contributed by atoms with Gasteiger partial charge in [-0.2, -0.15) is 0 Å². The van der Waals surface area contributed by atoms with Crippen molar-refractivity contribution in [1.29, 1.82) is 1.28 Å². The van der Waals surface area contributed by atoms with Crippen molar-refractivity contribution >= 4 is 15.0 Å². The summed E-state index contributed by atoms with van der Waals surface area (Å²) < 4.78 is 6.24. The second-order valence-corrected chi connectivity index (χ2v) is 23.2. The average molecular weight is 828 g/mol. The van der Waals surface area contributed by atoms with Crippen LogP contribution in [0.3, 0.4) is 0 Å². The van der Waals surface area contributed by atoms with Gasteiger partial charge in [-0.15, -0.1) is 9.18 Å². The molecule has 0 heterocycles. The number of fused-ring (bicyclic) bond motifs is 2. The number of aliphatic hydroxyl groups is 5. The van der Waals surface area contributed by atoms with Crippen molar-refractivity contribution in [1.82, 2.24) is 0 Å². The highest BCUT2D eigenvalue weighted by molar-refractivity contribution is 7.15. The Hall–Kier alpha value is -0.100. The minimum Gasteiger partial charge on any atom is -0.393 e. The van der Waals surface area contributed by atoms with Crippen LogP contribution in [0.5, 0.6) is 0 Å². The van der Waals surface area contributed by atoms with E-state index in [0.717, 1.165) is 122 Å². The van der Waals surface area contributed by atoms with E-state index in [4.69, 9.17) is 1.28 Å². The zero-order chi connectivity index (χ0) is 43.7. The second-order valence-electron chi connectivity index (χ2n) is 23.2. The lowest BCUT2D eigenvalue weighted by Crippen LogP contribution is -2.45. The Morgan fingerprint density at radius 3 is 1.33 bits per heavy atom. The molecule has 0 bridgehead atoms. The van der Waals surface area contributed by atoms with Crippen LogP contribution in [0.2, 0.25) is 0 Å². The van der Waals surface area contributed by atoms with E-state index in [0.29, 0.717) is 32.7 Å². The van der Waals surface area contributed by atoms with Crippen molar-refractivity contribution in [2.45, 2.75) is 260 Å². The van der Waals surface area contributed by atoms with E-state index in [2.05, 4.69) is 27.7 Å². The van der Waals surface area contributed by atoms with Gasteiger partial charge in [0.1, 0.15) is 5.78 Å². The van der Waals surface area contributed by atoms with Gasteiger partial charge in [-0.05, 0) is 198 Å². The molecule has 4 rings (SSSR count). The molecule has 6 nitrogen and oxygen atoms in total. The third-order valence-corrected chi connectivity index (χ3v) is 15.8. The number of carbonyl (C=O) groups excluding carboxylic acids is 1. The number of hydrogen-bond donors (Lipinski definition) is 5. The maximum absolute atomic E-state index is 12.6. The number of hydrogen-bond acceptors (Lipinski definition) is 6. The molecule has 0 saturated heterocycles. The van der Waals surface area contributed by atoms with Crippen LogP contribution < -0.4 is 0 Å². The molecule has 4 saturated carbocycles. The maximum Gasteiger partial charge on any atom is 0.136 e. The standard InChI is InChI=1S/C24H46O3.C24H44O3.CH5P.CH4/c2*1-21(2,26)13-8-15-23(5,16-9-14-22(3,4)27)20-12-11-18-19(25)10-7-17-24(18,20)6;1-2;/h18-20,25-27H,7-17H2,1-6H3;18,20,26-27H,7-17H2,1-6H3;2H2,1H3;1H4/t18?,19-,20?,24-;18?,20?,24-;;/m00../s1/i;;2D;. The molecule has 0 aromatic rings. The van der Waals surface area contributed by atoms with Crippen molar-refractivity contribution < 1.29 is 30.3 Å². The van der Waals surface area contributed by atoms with Crippen LogP contribution in [0.1, 0.15) is 232 Å². The van der Waals surface area contributed by atoms with Crippen LogP contribution in [0.4, 0.5) is 0 Å². The zero-order valence-corrected chi connectivity index (χ0v) is 40.1. The first-order valence-corrected chi connectivity index (χ1v) is 24.1. The fourth-order valence-electron chi connectivity index (χ4n) is 13.0. The van der Waals surface area contributed by atoms with E-state index in [1.165, 1.54) is 19.3 Å². The molecule has 4 fully saturated rings. The Kier molecular flexibility index (Phi) is 20.3. The molecular weight excluding hydrogens is 728 g/mol. The molecule has 4 aliphatic carbocycles. The van der Waals surface area contributed by atoms with Gasteiger partial charge in [0, 0.05) is 12.3 Å². The normalized spacial score (nSPS) is 30.1. The predicted octanol–water partition coefficient (Wildman–Crippen LogP) is 12.2. The monoisotopic (exact) mass is 828 g/mol. The third-order valence-electron chi connectivity index (χ3n) is 15.8. The molecule has 5 unspecified atom stereocenters. The van der Waals surface area contributed by atoms with Crippen LogP contribution in [0.25, 0.3) is 0 Å². The smallest absolute Gasteiger partial charge is 0.136 e. The lowest BCUT2D eigenvalue weighted by atomic mass is 9.55. The summed E-state index contributed by atoms with van der Waals surface area (Å²) in [5, 5.41) is 51.3. The molecule has 340 valence electrons. The van der Waals surface area contributed by atoms with E-state index in [1.807, 2.05) is 62.1 Å². The van der Waals surface area contributed by atoms with Gasteiger partial charge in [0.2, 0.25) is 0 Å². The molecule has 0 radical (unpaired) electrons. The van der Waals surface area contributed by atoms with E-state index in [9.17, 15) is 30.3 Å². The van der Waals surface area contributed by atoms with E-state index in [1.54, 1.807) is 0 Å². The quantitative estimate of drug-likeness (QED) is 0.0878. The Labute approximate surface area is 357 Å². The SMILES string of the molecule is C.CC(C)(O)CCCC(C)(CCCC(C)(C)O)C1CCC2C(=O)CCC[C@@]21C.CC(C)(O)CCCC(C)(CCCC(C)(C)O)C1CCC2[C@@H](O)CCC[C@@]21C.[2H]PC. The number of aliphatic hydroxyl groups excluding tert-OH is 1. The maximum atomic E-state index is 12.6. The van der Waals surface area contributed by atoms with Gasteiger partial charge in [-0.25, -0.2) is 0 Å². The molecule has 4 aliphatic rings. The molecule has 0 spiro atoms. The second kappa shape index (κ2) is 21.8. The molecular formula is C50H99O6P. The Morgan fingerprint density at radius 1 is 0.596 bits per heavy atom. The van der Waals surface area contributed by atoms with E-state index >= 15 is 0 Å². The molecule has 0 aromatic carbocycles. The van der Waals surface area contributed by atoms with Gasteiger partial charge < -0.3 is 25.5 Å². The van der Waals surface area contributed by atoms with Crippen molar-refractivity contribution in [2.75, 3.05) is 6.66 Å². The summed E-state index contributed by atoms with van der Waals surface area (Å²) in [6.45, 7) is 26.7. The van der Waals surface area contributed by atoms with Gasteiger partial charge >= 0.3 is 0 Å². The lowest BCUT2D eigenvalue weighted by Gasteiger charge is -2.50. The van der Waals surface area contributed by atoms with Gasteiger partial charge in [-0.1, -0.05) is 73.9 Å². The number of rotatable bonds is 18. The minimum atomic E-state index is -0.614. The Balaban J connectivity index is 0.000000534. The Morgan fingerprint density at radius 2 is 0.947 bits per heavy atom. The molecule has 8 atom stereocenters. The predicted molar refractivity (Wildman–Crippen MR) is 247 cm³/mol. The highest BCUT2D eigenvalue weighted by Gasteiger charge is 2.57. The lowest BCUT2D eigenvalue weighted by molar-refractivity contribution is -0.131. The summed E-state index contributed by atoms with van der Waals surface area (Å²) in [6, 6.07) is 0. The van der Waals surface area contributed by atoms with E-state index in [-0.39, 0.29) is 41.1 Å². The largest absolute Gasteiger partial charge is 0.393 e.